The van der Waals surface area contributed by atoms with Gasteiger partial charge in [-0.05, 0) is 66.7 Å². The standard InChI is InChI=1S/C18H26N2O/c1-11-9-12(15(19)21)5-6-14(11)20-16-17(2,3)13-7-8-18(16,4)10-13/h5-6,9,13,16,20H,7-8,10H2,1-4H3,(H2,19,21)/t13-,16?,18+/m0/s1. The molecule has 0 aliphatic heterocycles. The van der Waals surface area contributed by atoms with Gasteiger partial charge in [-0.15, -0.1) is 0 Å². The van der Waals surface area contributed by atoms with Crippen LogP contribution in [-0.4, -0.2) is 11.9 Å². The highest BCUT2D eigenvalue weighted by atomic mass is 16.1. The van der Waals surface area contributed by atoms with Crippen molar-refractivity contribution in [2.45, 2.75) is 53.0 Å². The van der Waals surface area contributed by atoms with E-state index in [9.17, 15) is 4.79 Å². The third-order valence-corrected chi connectivity index (χ3v) is 6.08. The number of anilines is 1. The summed E-state index contributed by atoms with van der Waals surface area (Å²) in [6, 6.07) is 6.19. The van der Waals surface area contributed by atoms with Gasteiger partial charge in [0.15, 0.2) is 0 Å². The van der Waals surface area contributed by atoms with Gasteiger partial charge in [0.1, 0.15) is 0 Å². The van der Waals surface area contributed by atoms with Crippen LogP contribution in [0.25, 0.3) is 0 Å². The lowest BCUT2D eigenvalue weighted by molar-refractivity contribution is 0.1000. The van der Waals surface area contributed by atoms with Crippen LogP contribution in [0.15, 0.2) is 18.2 Å². The monoisotopic (exact) mass is 286 g/mol. The molecule has 0 aromatic heterocycles. The number of aryl methyl sites for hydroxylation is 1. The van der Waals surface area contributed by atoms with Crippen LogP contribution in [-0.2, 0) is 0 Å². The first kappa shape index (κ1) is 14.4. The first-order valence-corrected chi connectivity index (χ1v) is 7.91. The SMILES string of the molecule is Cc1cc(C(N)=O)ccc1NC1C(C)(C)[C@H]2CC[C@]1(C)C2. The average molecular weight is 286 g/mol. The second kappa shape index (κ2) is 4.49. The lowest BCUT2D eigenvalue weighted by atomic mass is 9.68. The molecule has 2 bridgehead atoms. The highest BCUT2D eigenvalue weighted by molar-refractivity contribution is 5.93. The maximum atomic E-state index is 11.3. The second-order valence-electron chi connectivity index (χ2n) is 7.89. The van der Waals surface area contributed by atoms with Gasteiger partial charge in [0.05, 0.1) is 0 Å². The molecule has 2 fully saturated rings. The maximum Gasteiger partial charge on any atom is 0.248 e. The molecule has 0 spiro atoms. The fourth-order valence-electron chi connectivity index (χ4n) is 4.80. The Morgan fingerprint density at radius 1 is 1.33 bits per heavy atom. The molecule has 114 valence electrons. The first-order valence-electron chi connectivity index (χ1n) is 7.91. The number of amides is 1. The van der Waals surface area contributed by atoms with Crippen LogP contribution in [0.5, 0.6) is 0 Å². The Bertz CT molecular complexity index is 588. The Kier molecular flexibility index (Phi) is 3.09. The fourth-order valence-corrected chi connectivity index (χ4v) is 4.80. The van der Waals surface area contributed by atoms with Crippen molar-refractivity contribution in [1.82, 2.24) is 0 Å². The highest BCUT2D eigenvalue weighted by Crippen LogP contribution is 2.63. The fraction of sp³-hybridized carbons (Fsp3) is 0.611. The minimum absolute atomic E-state index is 0.321. The zero-order valence-corrected chi connectivity index (χ0v) is 13.5. The Morgan fingerprint density at radius 3 is 2.57 bits per heavy atom. The Balaban J connectivity index is 1.88. The summed E-state index contributed by atoms with van der Waals surface area (Å²) < 4.78 is 0. The molecule has 0 saturated heterocycles. The molecule has 3 N–H and O–H groups in total. The molecule has 3 rings (SSSR count). The van der Waals surface area contributed by atoms with Gasteiger partial charge >= 0.3 is 0 Å². The number of hydrogen-bond donors (Lipinski definition) is 2. The zero-order valence-electron chi connectivity index (χ0n) is 13.5. The van der Waals surface area contributed by atoms with Crippen molar-refractivity contribution in [3.8, 4) is 0 Å². The van der Waals surface area contributed by atoms with E-state index >= 15 is 0 Å². The molecule has 3 atom stereocenters. The zero-order chi connectivity index (χ0) is 15.4. The van der Waals surface area contributed by atoms with Crippen molar-refractivity contribution in [2.75, 3.05) is 5.32 Å². The summed E-state index contributed by atoms with van der Waals surface area (Å²) in [6.45, 7) is 9.25. The van der Waals surface area contributed by atoms with Crippen molar-refractivity contribution >= 4 is 11.6 Å². The summed E-state index contributed by atoms with van der Waals surface area (Å²) in [5.74, 6) is 0.460. The maximum absolute atomic E-state index is 11.3. The lowest BCUT2D eigenvalue weighted by Gasteiger charge is -2.44. The number of carbonyl (C=O) groups is 1. The van der Waals surface area contributed by atoms with Crippen LogP contribution < -0.4 is 11.1 Å². The molecule has 0 radical (unpaired) electrons. The van der Waals surface area contributed by atoms with Crippen molar-refractivity contribution in [3.63, 3.8) is 0 Å². The van der Waals surface area contributed by atoms with Gasteiger partial charge in [0, 0.05) is 17.3 Å². The number of rotatable bonds is 3. The Morgan fingerprint density at radius 2 is 2.05 bits per heavy atom. The molecule has 1 aromatic rings. The number of primary amides is 1. The van der Waals surface area contributed by atoms with Crippen molar-refractivity contribution < 1.29 is 4.79 Å². The van der Waals surface area contributed by atoms with Crippen LogP contribution in [0.2, 0.25) is 0 Å². The largest absolute Gasteiger partial charge is 0.381 e. The molecular weight excluding hydrogens is 260 g/mol. The third-order valence-electron chi connectivity index (χ3n) is 6.08. The smallest absolute Gasteiger partial charge is 0.248 e. The quantitative estimate of drug-likeness (QED) is 0.889. The second-order valence-corrected chi connectivity index (χ2v) is 7.89. The molecule has 3 nitrogen and oxygen atoms in total. The molecule has 2 aliphatic rings. The van der Waals surface area contributed by atoms with E-state index in [0.29, 0.717) is 22.4 Å². The summed E-state index contributed by atoms with van der Waals surface area (Å²) in [7, 11) is 0. The average Bonchev–Trinajstić information content (AvgIpc) is 2.87. The van der Waals surface area contributed by atoms with Crippen molar-refractivity contribution in [3.05, 3.63) is 29.3 Å². The molecule has 1 aromatic carbocycles. The molecule has 2 aliphatic carbocycles. The molecular formula is C18H26N2O. The van der Waals surface area contributed by atoms with E-state index in [2.05, 4.69) is 26.1 Å². The minimum Gasteiger partial charge on any atom is -0.381 e. The van der Waals surface area contributed by atoms with Crippen LogP contribution in [0.4, 0.5) is 5.69 Å². The summed E-state index contributed by atoms with van der Waals surface area (Å²) in [5.41, 5.74) is 8.87. The van der Waals surface area contributed by atoms with E-state index in [-0.39, 0.29) is 5.91 Å². The van der Waals surface area contributed by atoms with E-state index in [1.807, 2.05) is 25.1 Å². The summed E-state index contributed by atoms with van der Waals surface area (Å²) in [5, 5.41) is 3.79. The van der Waals surface area contributed by atoms with Gasteiger partial charge in [-0.2, -0.15) is 0 Å². The van der Waals surface area contributed by atoms with Crippen LogP contribution in [0.3, 0.4) is 0 Å². The van der Waals surface area contributed by atoms with Gasteiger partial charge in [-0.3, -0.25) is 4.79 Å². The predicted octanol–water partition coefficient (Wildman–Crippen LogP) is 3.72. The normalized spacial score (nSPS) is 33.1. The molecule has 1 amide bonds. The molecule has 0 heterocycles. The first-order chi connectivity index (χ1) is 9.74. The topological polar surface area (TPSA) is 55.1 Å². The van der Waals surface area contributed by atoms with E-state index in [0.717, 1.165) is 17.2 Å². The van der Waals surface area contributed by atoms with Crippen LogP contribution >= 0.6 is 0 Å². The van der Waals surface area contributed by atoms with Gasteiger partial charge < -0.3 is 11.1 Å². The van der Waals surface area contributed by atoms with E-state index < -0.39 is 0 Å². The van der Waals surface area contributed by atoms with Crippen LogP contribution in [0, 0.1) is 23.7 Å². The number of nitrogens with two attached hydrogens (primary N) is 1. The third kappa shape index (κ3) is 2.14. The highest BCUT2D eigenvalue weighted by Gasteiger charge is 2.59. The summed E-state index contributed by atoms with van der Waals surface area (Å²) >= 11 is 0. The van der Waals surface area contributed by atoms with E-state index in [1.54, 1.807) is 0 Å². The van der Waals surface area contributed by atoms with E-state index in [1.165, 1.54) is 19.3 Å². The molecule has 1 unspecified atom stereocenters. The molecule has 21 heavy (non-hydrogen) atoms. The van der Waals surface area contributed by atoms with Crippen LogP contribution in [0.1, 0.15) is 56.0 Å². The number of nitrogens with one attached hydrogen (secondary N) is 1. The van der Waals surface area contributed by atoms with Crippen molar-refractivity contribution in [2.24, 2.45) is 22.5 Å². The number of carbonyl (C=O) groups excluding carboxylic acids is 1. The number of benzene rings is 1. The van der Waals surface area contributed by atoms with E-state index in [4.69, 9.17) is 5.73 Å². The minimum atomic E-state index is -0.364. The van der Waals surface area contributed by atoms with Gasteiger partial charge in [-0.1, -0.05) is 20.8 Å². The molecule has 2 saturated carbocycles. The Labute approximate surface area is 127 Å². The van der Waals surface area contributed by atoms with Gasteiger partial charge in [-0.25, -0.2) is 0 Å². The number of hydrogen-bond acceptors (Lipinski definition) is 2. The van der Waals surface area contributed by atoms with Gasteiger partial charge in [0.25, 0.3) is 0 Å². The Hall–Kier alpha value is -1.51. The van der Waals surface area contributed by atoms with Crippen molar-refractivity contribution in [1.29, 1.82) is 0 Å². The summed E-state index contributed by atoms with van der Waals surface area (Å²) in [6.07, 6.45) is 4.01. The lowest BCUT2D eigenvalue weighted by Crippen LogP contribution is -2.45. The summed E-state index contributed by atoms with van der Waals surface area (Å²) in [4.78, 5) is 11.3. The predicted molar refractivity (Wildman–Crippen MR) is 86.3 cm³/mol. The number of fused-ring (bicyclic) bond motifs is 2. The molecule has 3 heteroatoms. The van der Waals surface area contributed by atoms with Gasteiger partial charge in [0.2, 0.25) is 5.91 Å².